The summed E-state index contributed by atoms with van der Waals surface area (Å²) in [5.41, 5.74) is 1.53. The van der Waals surface area contributed by atoms with Gasteiger partial charge in [-0.05, 0) is 37.3 Å². The van der Waals surface area contributed by atoms with E-state index in [2.05, 4.69) is 15.5 Å². The fourth-order valence-corrected chi connectivity index (χ4v) is 3.47. The first kappa shape index (κ1) is 18.6. The summed E-state index contributed by atoms with van der Waals surface area (Å²) in [6.07, 6.45) is 0. The van der Waals surface area contributed by atoms with Gasteiger partial charge >= 0.3 is 0 Å². The number of nitrogens with zero attached hydrogens (tertiary/aromatic N) is 2. The van der Waals surface area contributed by atoms with Gasteiger partial charge < -0.3 is 14.2 Å². The van der Waals surface area contributed by atoms with Gasteiger partial charge in [0.1, 0.15) is 11.3 Å². The molecule has 2 aromatic heterocycles. The summed E-state index contributed by atoms with van der Waals surface area (Å²) in [6.45, 7) is 1.88. The summed E-state index contributed by atoms with van der Waals surface area (Å²) < 4.78 is 11.4. The Kier molecular flexibility index (Phi) is 5.36. The third kappa shape index (κ3) is 4.21. The highest BCUT2D eigenvalue weighted by Crippen LogP contribution is 2.26. The first-order valence-corrected chi connectivity index (χ1v) is 9.95. The Bertz CT molecular complexity index is 1090. The van der Waals surface area contributed by atoms with E-state index >= 15 is 0 Å². The summed E-state index contributed by atoms with van der Waals surface area (Å²) in [6, 6.07) is 16.6. The zero-order valence-electron chi connectivity index (χ0n) is 14.9. The number of aromatic nitrogens is 2. The van der Waals surface area contributed by atoms with Crippen molar-refractivity contribution in [1.82, 2.24) is 15.5 Å². The molecule has 1 atom stereocenters. The average Bonchev–Trinajstić information content (AvgIpc) is 3.33. The van der Waals surface area contributed by atoms with E-state index in [4.69, 9.17) is 20.4 Å². The first-order valence-electron chi connectivity index (χ1n) is 8.58. The summed E-state index contributed by atoms with van der Waals surface area (Å²) >= 11 is 7.15. The van der Waals surface area contributed by atoms with Crippen LogP contribution in [0.15, 0.2) is 68.7 Å². The molecular formula is C20H16ClN3O3S. The van der Waals surface area contributed by atoms with Gasteiger partial charge in [0, 0.05) is 16.0 Å². The van der Waals surface area contributed by atoms with Gasteiger partial charge in [-0.1, -0.05) is 47.6 Å². The molecule has 8 heteroatoms. The predicted octanol–water partition coefficient (Wildman–Crippen LogP) is 5.11. The molecule has 1 N–H and O–H groups in total. The van der Waals surface area contributed by atoms with E-state index in [-0.39, 0.29) is 17.7 Å². The van der Waals surface area contributed by atoms with Crippen LogP contribution in [0.3, 0.4) is 0 Å². The van der Waals surface area contributed by atoms with Gasteiger partial charge in [-0.25, -0.2) is 0 Å². The van der Waals surface area contributed by atoms with Crippen molar-refractivity contribution in [3.63, 3.8) is 0 Å². The van der Waals surface area contributed by atoms with Crippen molar-refractivity contribution in [2.24, 2.45) is 0 Å². The molecule has 2 heterocycles. The van der Waals surface area contributed by atoms with Crippen LogP contribution < -0.4 is 5.32 Å². The van der Waals surface area contributed by atoms with Crippen LogP contribution in [-0.4, -0.2) is 21.9 Å². The van der Waals surface area contributed by atoms with Crippen LogP contribution in [0.5, 0.6) is 0 Å². The van der Waals surface area contributed by atoms with Gasteiger partial charge in [0.25, 0.3) is 5.22 Å². The topological polar surface area (TPSA) is 81.2 Å². The zero-order valence-corrected chi connectivity index (χ0v) is 16.5. The molecule has 0 radical (unpaired) electrons. The molecule has 2 aromatic carbocycles. The van der Waals surface area contributed by atoms with Crippen LogP contribution in [0.25, 0.3) is 22.4 Å². The molecule has 4 aromatic rings. The van der Waals surface area contributed by atoms with Crippen molar-refractivity contribution in [2.75, 3.05) is 5.75 Å². The minimum Gasteiger partial charge on any atom is -0.459 e. The van der Waals surface area contributed by atoms with Crippen LogP contribution in [0.1, 0.15) is 18.7 Å². The maximum Gasteiger partial charge on any atom is 0.277 e. The minimum absolute atomic E-state index is 0.152. The second-order valence-corrected chi connectivity index (χ2v) is 7.51. The fraction of sp³-hybridized carbons (Fsp3) is 0.150. The second kappa shape index (κ2) is 8.08. The Morgan fingerprint density at radius 1 is 1.14 bits per heavy atom. The van der Waals surface area contributed by atoms with Crippen LogP contribution >= 0.6 is 23.4 Å². The number of nitrogens with one attached hydrogen (secondary N) is 1. The third-order valence-corrected chi connectivity index (χ3v) is 5.11. The molecule has 0 saturated heterocycles. The standard InChI is InChI=1S/C20H16ClN3O3S/c1-12(17-10-13-5-2-3-8-16(13)26-17)22-18(25)11-28-20-24-23-19(27-20)14-6-4-7-15(21)9-14/h2-10,12H,11H2,1H3,(H,22,25)/t12-/m1/s1. The Labute approximate surface area is 170 Å². The molecule has 0 bridgehead atoms. The lowest BCUT2D eigenvalue weighted by atomic mass is 10.2. The highest BCUT2D eigenvalue weighted by molar-refractivity contribution is 7.99. The number of carbonyl (C=O) groups is 1. The lowest BCUT2D eigenvalue weighted by Crippen LogP contribution is -2.27. The number of halogens is 1. The predicted molar refractivity (Wildman–Crippen MR) is 108 cm³/mol. The van der Waals surface area contributed by atoms with Gasteiger partial charge in [-0.15, -0.1) is 10.2 Å². The number of fused-ring (bicyclic) bond motifs is 1. The van der Waals surface area contributed by atoms with Crippen LogP contribution in [-0.2, 0) is 4.79 Å². The maximum atomic E-state index is 12.3. The Morgan fingerprint density at radius 2 is 2.00 bits per heavy atom. The summed E-state index contributed by atoms with van der Waals surface area (Å²) in [5, 5.41) is 12.8. The molecule has 0 aliphatic heterocycles. The number of hydrogen-bond donors (Lipinski definition) is 1. The van der Waals surface area contributed by atoms with Crippen LogP contribution in [0, 0.1) is 0 Å². The Hall–Kier alpha value is -2.77. The fourth-order valence-electron chi connectivity index (χ4n) is 2.70. The number of amides is 1. The lowest BCUT2D eigenvalue weighted by molar-refractivity contribution is -0.119. The van der Waals surface area contributed by atoms with E-state index in [0.717, 1.165) is 16.5 Å². The highest BCUT2D eigenvalue weighted by atomic mass is 35.5. The van der Waals surface area contributed by atoms with Crippen molar-refractivity contribution in [3.8, 4) is 11.5 Å². The number of rotatable bonds is 6. The Morgan fingerprint density at radius 3 is 2.82 bits per heavy atom. The maximum absolute atomic E-state index is 12.3. The van der Waals surface area contributed by atoms with E-state index < -0.39 is 0 Å². The first-order chi connectivity index (χ1) is 13.6. The highest BCUT2D eigenvalue weighted by Gasteiger charge is 2.16. The smallest absolute Gasteiger partial charge is 0.277 e. The summed E-state index contributed by atoms with van der Waals surface area (Å²) in [7, 11) is 0. The van der Waals surface area contributed by atoms with E-state index in [1.165, 1.54) is 11.8 Å². The Balaban J connectivity index is 1.34. The van der Waals surface area contributed by atoms with Gasteiger partial charge in [0.2, 0.25) is 11.8 Å². The number of benzene rings is 2. The molecule has 0 unspecified atom stereocenters. The number of para-hydroxylation sites is 1. The van der Waals surface area contributed by atoms with Crippen molar-refractivity contribution in [1.29, 1.82) is 0 Å². The molecule has 6 nitrogen and oxygen atoms in total. The molecule has 1 amide bonds. The average molecular weight is 414 g/mol. The molecule has 0 saturated carbocycles. The number of thioether (sulfide) groups is 1. The van der Waals surface area contributed by atoms with E-state index in [1.807, 2.05) is 49.4 Å². The SMILES string of the molecule is C[C@@H](NC(=O)CSc1nnc(-c2cccc(Cl)c2)o1)c1cc2ccccc2o1. The monoisotopic (exact) mass is 413 g/mol. The normalized spacial score (nSPS) is 12.2. The number of hydrogen-bond acceptors (Lipinski definition) is 6. The van der Waals surface area contributed by atoms with Crippen LogP contribution in [0.4, 0.5) is 0 Å². The largest absolute Gasteiger partial charge is 0.459 e. The van der Waals surface area contributed by atoms with Crippen molar-refractivity contribution >= 4 is 40.2 Å². The van der Waals surface area contributed by atoms with Gasteiger partial charge in [0.05, 0.1) is 11.8 Å². The van der Waals surface area contributed by atoms with Gasteiger partial charge in [-0.3, -0.25) is 4.79 Å². The molecule has 0 fully saturated rings. The van der Waals surface area contributed by atoms with Crippen molar-refractivity contribution in [3.05, 3.63) is 65.4 Å². The number of carbonyl (C=O) groups excluding carboxylic acids is 1. The van der Waals surface area contributed by atoms with Gasteiger partial charge in [-0.2, -0.15) is 0 Å². The lowest BCUT2D eigenvalue weighted by Gasteiger charge is -2.10. The molecule has 142 valence electrons. The molecular weight excluding hydrogens is 398 g/mol. The molecule has 0 spiro atoms. The number of furan rings is 1. The van der Waals surface area contributed by atoms with Crippen LogP contribution in [0.2, 0.25) is 5.02 Å². The van der Waals surface area contributed by atoms with E-state index in [9.17, 15) is 4.79 Å². The quantitative estimate of drug-likeness (QED) is 0.442. The zero-order chi connectivity index (χ0) is 19.5. The molecule has 0 aliphatic carbocycles. The minimum atomic E-state index is -0.245. The van der Waals surface area contributed by atoms with Crippen molar-refractivity contribution in [2.45, 2.75) is 18.2 Å². The second-order valence-electron chi connectivity index (χ2n) is 6.15. The molecule has 28 heavy (non-hydrogen) atoms. The summed E-state index contributed by atoms with van der Waals surface area (Å²) in [4.78, 5) is 12.3. The molecule has 4 rings (SSSR count). The van der Waals surface area contributed by atoms with E-state index in [1.54, 1.807) is 12.1 Å². The van der Waals surface area contributed by atoms with Crippen molar-refractivity contribution < 1.29 is 13.6 Å². The molecule has 0 aliphatic rings. The van der Waals surface area contributed by atoms with E-state index in [0.29, 0.717) is 21.9 Å². The third-order valence-electron chi connectivity index (χ3n) is 4.05. The van der Waals surface area contributed by atoms with Gasteiger partial charge in [0.15, 0.2) is 0 Å². The summed E-state index contributed by atoms with van der Waals surface area (Å²) in [5.74, 6) is 1.07.